The van der Waals surface area contributed by atoms with Crippen molar-refractivity contribution in [3.8, 4) is 17.0 Å². The molecule has 3 aromatic carbocycles. The average Bonchev–Trinajstić information content (AvgIpc) is 3.94. The molecule has 1 saturated heterocycles. The first-order valence-electron chi connectivity index (χ1n) is 20.4. The molecule has 3 aromatic heterocycles. The third-order valence-electron chi connectivity index (χ3n) is 12.4. The van der Waals surface area contributed by atoms with Crippen molar-refractivity contribution in [2.75, 3.05) is 19.6 Å². The zero-order valence-electron chi connectivity index (χ0n) is 33.0. The molecule has 9 rings (SSSR count). The largest absolute Gasteiger partial charge is 0.503 e. The quantitative estimate of drug-likeness (QED) is 0.125. The van der Waals surface area contributed by atoms with Crippen molar-refractivity contribution in [1.82, 2.24) is 44.0 Å². The molecule has 1 saturated carbocycles. The summed E-state index contributed by atoms with van der Waals surface area (Å²) in [5.41, 5.74) is 4.25. The van der Waals surface area contributed by atoms with E-state index in [0.29, 0.717) is 18.0 Å². The van der Waals surface area contributed by atoms with E-state index in [4.69, 9.17) is 10.1 Å². The maximum Gasteiger partial charge on any atom is 0.329 e. The number of carbonyl (C=O) groups is 3. The second-order valence-corrected chi connectivity index (χ2v) is 16.3. The number of piperidine rings is 1. The molecule has 6 aromatic rings. The second-order valence-electron chi connectivity index (χ2n) is 16.3. The number of fused-ring (bicyclic) bond motifs is 3. The topological polar surface area (TPSA) is 161 Å². The van der Waals surface area contributed by atoms with Crippen LogP contribution >= 0.6 is 0 Å². The molecule has 17 heteroatoms. The highest BCUT2D eigenvalue weighted by Gasteiger charge is 2.32. The number of carbonyl (C=O) groups excluding carboxylic acids is 3. The molecule has 0 spiro atoms. The summed E-state index contributed by atoms with van der Waals surface area (Å²) in [6.07, 6.45) is 9.61. The number of nitrogens with one attached hydrogen (secondary N) is 2. The SMILES string of the molecule is Cn1c(=O)n(C2CCC(=O)NC2=O)c2ccc(CCCN3CCn4cc(-c5ccc6cn(C7CCC(CNC(=O)c8cc(F)c(O)c(F)c8F)CC7)nc6c5)nc4C3)cc21. The third-order valence-corrected chi connectivity index (χ3v) is 12.4. The molecule has 2 fully saturated rings. The summed E-state index contributed by atoms with van der Waals surface area (Å²) in [5, 5.41) is 20.1. The number of aromatic nitrogens is 6. The number of rotatable bonds is 10. The minimum absolute atomic E-state index is 0.112. The van der Waals surface area contributed by atoms with E-state index in [2.05, 4.69) is 50.7 Å². The molecule has 2 aliphatic heterocycles. The van der Waals surface area contributed by atoms with Gasteiger partial charge in [0.25, 0.3) is 5.91 Å². The number of nitrogens with zero attached hydrogens (tertiary/aromatic N) is 7. The molecule has 1 atom stereocenters. The molecule has 60 heavy (non-hydrogen) atoms. The molecule has 14 nitrogen and oxygen atoms in total. The Hall–Kier alpha value is -6.23. The standard InChI is InChI=1S/C43H44F3N9O5/c1-51-35-17-24(6-11-33(35)55(43(51)60)34-12-13-37(56)49-42(34)59)3-2-14-52-15-16-53-22-32(48-36(53)23-52)26-7-8-27-21-54(50-31(27)18-26)28-9-4-25(5-10-28)20-47-41(58)29-19-30(44)40(57)39(46)38(29)45/h6-8,11,17-19,21-22,25,28,34,57H,2-5,9-10,12-16,20,23H2,1H3,(H,47,58)(H,49,56,59). The Morgan fingerprint density at radius 3 is 2.57 bits per heavy atom. The van der Waals surface area contributed by atoms with Crippen molar-refractivity contribution in [2.24, 2.45) is 13.0 Å². The van der Waals surface area contributed by atoms with Gasteiger partial charge in [-0.15, -0.1) is 0 Å². The fourth-order valence-corrected chi connectivity index (χ4v) is 9.01. The number of hydrogen-bond donors (Lipinski definition) is 3. The number of phenolic OH excluding ortho intramolecular Hbond substituents is 1. The van der Waals surface area contributed by atoms with E-state index in [0.717, 1.165) is 104 Å². The van der Waals surface area contributed by atoms with Crippen LogP contribution in [-0.2, 0) is 36.1 Å². The van der Waals surface area contributed by atoms with Crippen LogP contribution in [0.4, 0.5) is 13.2 Å². The number of phenols is 1. The number of aryl methyl sites for hydroxylation is 2. The van der Waals surface area contributed by atoms with Crippen molar-refractivity contribution in [3.63, 3.8) is 0 Å². The van der Waals surface area contributed by atoms with Crippen LogP contribution in [0.2, 0.25) is 0 Å². The number of imide groups is 1. The van der Waals surface area contributed by atoms with Gasteiger partial charge >= 0.3 is 5.69 Å². The molecule has 0 bridgehead atoms. The number of halogens is 3. The van der Waals surface area contributed by atoms with Crippen molar-refractivity contribution in [3.05, 3.63) is 99.7 Å². The summed E-state index contributed by atoms with van der Waals surface area (Å²) >= 11 is 0. The van der Waals surface area contributed by atoms with Gasteiger partial charge in [-0.2, -0.15) is 9.49 Å². The molecule has 3 aliphatic rings. The lowest BCUT2D eigenvalue weighted by molar-refractivity contribution is -0.135. The van der Waals surface area contributed by atoms with Crippen LogP contribution in [0.15, 0.2) is 59.7 Å². The summed E-state index contributed by atoms with van der Waals surface area (Å²) in [6.45, 7) is 3.59. The van der Waals surface area contributed by atoms with Crippen LogP contribution in [0.25, 0.3) is 33.2 Å². The minimum Gasteiger partial charge on any atom is -0.503 e. The van der Waals surface area contributed by atoms with Crippen molar-refractivity contribution in [2.45, 2.75) is 76.5 Å². The molecule has 5 heterocycles. The normalized spacial score (nSPS) is 19.8. The van der Waals surface area contributed by atoms with Crippen molar-refractivity contribution >= 4 is 39.7 Å². The summed E-state index contributed by atoms with van der Waals surface area (Å²) in [4.78, 5) is 57.3. The van der Waals surface area contributed by atoms with E-state index in [1.165, 1.54) is 4.57 Å². The maximum absolute atomic E-state index is 14.2. The van der Waals surface area contributed by atoms with E-state index in [1.54, 1.807) is 11.6 Å². The lowest BCUT2D eigenvalue weighted by Crippen LogP contribution is -2.44. The highest BCUT2D eigenvalue weighted by atomic mass is 19.2. The van der Waals surface area contributed by atoms with Crippen LogP contribution in [0, 0.1) is 23.4 Å². The van der Waals surface area contributed by atoms with Gasteiger partial charge < -0.3 is 15.0 Å². The zero-order chi connectivity index (χ0) is 41.8. The third kappa shape index (κ3) is 7.35. The van der Waals surface area contributed by atoms with E-state index in [-0.39, 0.29) is 36.5 Å². The minimum atomic E-state index is -1.79. The molecule has 3 N–H and O–H groups in total. The molecule has 1 unspecified atom stereocenters. The predicted molar refractivity (Wildman–Crippen MR) is 214 cm³/mol. The number of benzene rings is 3. The molecule has 0 radical (unpaired) electrons. The first kappa shape index (κ1) is 39.2. The second kappa shape index (κ2) is 15.7. The monoisotopic (exact) mass is 823 g/mol. The lowest BCUT2D eigenvalue weighted by Gasteiger charge is -2.28. The van der Waals surface area contributed by atoms with Gasteiger partial charge in [0.2, 0.25) is 17.6 Å². The van der Waals surface area contributed by atoms with Crippen molar-refractivity contribution < 1.29 is 32.7 Å². The number of imidazole rings is 2. The fourth-order valence-electron chi connectivity index (χ4n) is 9.01. The van der Waals surface area contributed by atoms with Crippen LogP contribution in [0.1, 0.15) is 78.8 Å². The Balaban J connectivity index is 0.781. The molecule has 1 aliphatic carbocycles. The van der Waals surface area contributed by atoms with Gasteiger partial charge in [0.05, 0.1) is 40.4 Å². The first-order chi connectivity index (χ1) is 28.9. The van der Waals surface area contributed by atoms with E-state index in [1.807, 2.05) is 22.9 Å². The van der Waals surface area contributed by atoms with Crippen LogP contribution < -0.4 is 16.3 Å². The van der Waals surface area contributed by atoms with Crippen LogP contribution in [0.3, 0.4) is 0 Å². The van der Waals surface area contributed by atoms with Gasteiger partial charge in [-0.25, -0.2) is 18.6 Å². The molecule has 312 valence electrons. The Morgan fingerprint density at radius 1 is 0.950 bits per heavy atom. The van der Waals surface area contributed by atoms with Gasteiger partial charge in [-0.05, 0) is 87.2 Å². The van der Waals surface area contributed by atoms with Crippen molar-refractivity contribution in [1.29, 1.82) is 0 Å². The van der Waals surface area contributed by atoms with E-state index >= 15 is 0 Å². The number of amides is 3. The Labute approximate surface area is 341 Å². The van der Waals surface area contributed by atoms with Gasteiger partial charge in [-0.1, -0.05) is 18.2 Å². The van der Waals surface area contributed by atoms with Crippen LogP contribution in [0.5, 0.6) is 5.75 Å². The van der Waals surface area contributed by atoms with Gasteiger partial charge in [0, 0.05) is 56.4 Å². The molecule has 3 amide bonds. The van der Waals surface area contributed by atoms with Crippen LogP contribution in [-0.4, -0.2) is 75.8 Å². The van der Waals surface area contributed by atoms with E-state index in [9.17, 15) is 37.5 Å². The first-order valence-corrected chi connectivity index (χ1v) is 20.4. The Morgan fingerprint density at radius 2 is 1.77 bits per heavy atom. The Bertz CT molecular complexity index is 2750. The smallest absolute Gasteiger partial charge is 0.329 e. The maximum atomic E-state index is 14.2. The summed E-state index contributed by atoms with van der Waals surface area (Å²) in [6, 6.07) is 12.1. The average molecular weight is 824 g/mol. The number of hydrogen-bond acceptors (Lipinski definition) is 8. The van der Waals surface area contributed by atoms with Gasteiger partial charge in [-0.3, -0.25) is 38.4 Å². The van der Waals surface area contributed by atoms with Gasteiger partial charge in [0.1, 0.15) is 11.9 Å². The number of aromatic hydroxyl groups is 1. The van der Waals surface area contributed by atoms with E-state index < -0.39 is 46.6 Å². The fraction of sp³-hybridized carbons (Fsp3) is 0.395. The summed E-state index contributed by atoms with van der Waals surface area (Å²) in [5.74, 6) is -6.79. The summed E-state index contributed by atoms with van der Waals surface area (Å²) < 4.78 is 48.9. The predicted octanol–water partition coefficient (Wildman–Crippen LogP) is 5.26. The Kier molecular flexibility index (Phi) is 10.3. The highest BCUT2D eigenvalue weighted by molar-refractivity contribution is 6.00. The molecular weight excluding hydrogens is 780 g/mol. The highest BCUT2D eigenvalue weighted by Crippen LogP contribution is 2.34. The summed E-state index contributed by atoms with van der Waals surface area (Å²) in [7, 11) is 1.71. The molecular formula is C43H44F3N9O5. The lowest BCUT2D eigenvalue weighted by atomic mass is 9.86. The van der Waals surface area contributed by atoms with Gasteiger partial charge in [0.15, 0.2) is 17.4 Å². The zero-order valence-corrected chi connectivity index (χ0v) is 33.0.